The summed E-state index contributed by atoms with van der Waals surface area (Å²) < 4.78 is 0. The number of amides is 1. The number of carbonyl (C=O) groups is 3. The van der Waals surface area contributed by atoms with Crippen molar-refractivity contribution in [2.75, 3.05) is 13.1 Å². The Morgan fingerprint density at radius 2 is 1.53 bits per heavy atom. The van der Waals surface area contributed by atoms with Gasteiger partial charge in [-0.1, -0.05) is 30.3 Å². The van der Waals surface area contributed by atoms with E-state index in [0.717, 1.165) is 12.8 Å². The van der Waals surface area contributed by atoms with Crippen molar-refractivity contribution < 1.29 is 14.4 Å². The van der Waals surface area contributed by atoms with E-state index >= 15 is 0 Å². The molecule has 17 heavy (non-hydrogen) atoms. The number of Topliss-reactive ketones (excluding diaryl/α,β-unsaturated/α-hetero) is 2. The molecule has 2 rings (SSSR count). The molecule has 1 aliphatic rings. The Balaban J connectivity index is 2.10. The van der Waals surface area contributed by atoms with Crippen LogP contribution in [-0.4, -0.2) is 35.5 Å². The molecule has 4 nitrogen and oxygen atoms in total. The predicted octanol–water partition coefficient (Wildman–Crippen LogP) is 1.06. The third-order valence-electron chi connectivity index (χ3n) is 2.83. The van der Waals surface area contributed by atoms with Gasteiger partial charge in [0.25, 0.3) is 11.7 Å². The summed E-state index contributed by atoms with van der Waals surface area (Å²) in [5, 5.41) is 0. The van der Waals surface area contributed by atoms with Crippen LogP contribution in [0, 0.1) is 0 Å². The lowest BCUT2D eigenvalue weighted by atomic mass is 10.1. The van der Waals surface area contributed by atoms with Crippen molar-refractivity contribution in [2.24, 2.45) is 0 Å². The van der Waals surface area contributed by atoms with Gasteiger partial charge in [-0.15, -0.1) is 0 Å². The molecule has 4 heteroatoms. The van der Waals surface area contributed by atoms with Crippen LogP contribution < -0.4 is 0 Å². The minimum absolute atomic E-state index is 0.269. The van der Waals surface area contributed by atoms with E-state index in [-0.39, 0.29) is 5.56 Å². The molecular weight excluding hydrogens is 218 g/mol. The highest BCUT2D eigenvalue weighted by atomic mass is 16.2. The maximum absolute atomic E-state index is 11.7. The minimum atomic E-state index is -0.932. The normalized spacial score (nSPS) is 14.7. The Labute approximate surface area is 99.2 Å². The van der Waals surface area contributed by atoms with Crippen LogP contribution in [0.5, 0.6) is 0 Å². The largest absolute Gasteiger partial charge is 0.336 e. The van der Waals surface area contributed by atoms with Crippen molar-refractivity contribution in [2.45, 2.75) is 12.8 Å². The summed E-state index contributed by atoms with van der Waals surface area (Å²) in [4.78, 5) is 36.6. The third kappa shape index (κ3) is 2.41. The van der Waals surface area contributed by atoms with Crippen molar-refractivity contribution in [1.82, 2.24) is 4.90 Å². The van der Waals surface area contributed by atoms with Crippen LogP contribution in [0.2, 0.25) is 0 Å². The summed E-state index contributed by atoms with van der Waals surface area (Å²) in [7, 11) is 0. The fourth-order valence-electron chi connectivity index (χ4n) is 1.88. The molecular formula is C13H13NO3. The zero-order chi connectivity index (χ0) is 12.3. The molecule has 0 spiro atoms. The molecule has 88 valence electrons. The van der Waals surface area contributed by atoms with E-state index < -0.39 is 17.5 Å². The monoisotopic (exact) mass is 231 g/mol. The fourth-order valence-corrected chi connectivity index (χ4v) is 1.88. The number of likely N-dealkylation sites (tertiary alicyclic amines) is 1. The number of rotatable bonds is 3. The van der Waals surface area contributed by atoms with E-state index in [1.165, 1.54) is 17.0 Å². The molecule has 1 amide bonds. The number of ketones is 2. The molecule has 0 saturated carbocycles. The molecule has 0 unspecified atom stereocenters. The second-order valence-corrected chi connectivity index (χ2v) is 4.02. The van der Waals surface area contributed by atoms with Crippen molar-refractivity contribution >= 4 is 17.5 Å². The Morgan fingerprint density at radius 1 is 0.941 bits per heavy atom. The van der Waals surface area contributed by atoms with Gasteiger partial charge in [0.1, 0.15) is 0 Å². The van der Waals surface area contributed by atoms with Crippen molar-refractivity contribution in [3.63, 3.8) is 0 Å². The Morgan fingerprint density at radius 3 is 2.12 bits per heavy atom. The van der Waals surface area contributed by atoms with Crippen LogP contribution in [0.3, 0.4) is 0 Å². The Kier molecular flexibility index (Phi) is 3.32. The molecule has 0 bridgehead atoms. The average Bonchev–Trinajstić information content (AvgIpc) is 2.91. The summed E-state index contributed by atoms with van der Waals surface area (Å²) in [6.45, 7) is 1.15. The van der Waals surface area contributed by atoms with E-state index in [1.54, 1.807) is 18.2 Å². The first kappa shape index (κ1) is 11.5. The van der Waals surface area contributed by atoms with Crippen molar-refractivity contribution in [1.29, 1.82) is 0 Å². The summed E-state index contributed by atoms with van der Waals surface area (Å²) in [6, 6.07) is 8.17. The molecule has 0 aliphatic carbocycles. The van der Waals surface area contributed by atoms with Gasteiger partial charge in [-0.25, -0.2) is 0 Å². The highest BCUT2D eigenvalue weighted by Crippen LogP contribution is 2.09. The fraction of sp³-hybridized carbons (Fsp3) is 0.308. The zero-order valence-corrected chi connectivity index (χ0v) is 9.39. The standard InChI is InChI=1S/C13H13NO3/c15-11(10-6-2-1-3-7-10)12(16)13(17)14-8-4-5-9-14/h1-3,6-7H,4-5,8-9H2. The van der Waals surface area contributed by atoms with Gasteiger partial charge in [-0.2, -0.15) is 0 Å². The van der Waals surface area contributed by atoms with Crippen molar-refractivity contribution in [3.05, 3.63) is 35.9 Å². The lowest BCUT2D eigenvalue weighted by Gasteiger charge is -2.13. The van der Waals surface area contributed by atoms with Crippen LogP contribution in [0.25, 0.3) is 0 Å². The predicted molar refractivity (Wildman–Crippen MR) is 61.6 cm³/mol. The zero-order valence-electron chi connectivity index (χ0n) is 9.39. The molecule has 1 heterocycles. The van der Waals surface area contributed by atoms with Gasteiger partial charge in [-0.05, 0) is 12.8 Å². The summed E-state index contributed by atoms with van der Waals surface area (Å²) >= 11 is 0. The molecule has 1 aliphatic heterocycles. The van der Waals surface area contributed by atoms with E-state index in [0.29, 0.717) is 13.1 Å². The van der Waals surface area contributed by atoms with E-state index in [4.69, 9.17) is 0 Å². The van der Waals surface area contributed by atoms with E-state index in [1.807, 2.05) is 0 Å². The lowest BCUT2D eigenvalue weighted by Crippen LogP contribution is -2.38. The average molecular weight is 231 g/mol. The second kappa shape index (κ2) is 4.91. The van der Waals surface area contributed by atoms with Gasteiger partial charge in [0.05, 0.1) is 0 Å². The SMILES string of the molecule is O=C(C(=O)c1ccccc1)C(=O)N1CCCC1. The Hall–Kier alpha value is -1.97. The first-order chi connectivity index (χ1) is 8.20. The van der Waals surface area contributed by atoms with Gasteiger partial charge in [-0.3, -0.25) is 14.4 Å². The van der Waals surface area contributed by atoms with Crippen LogP contribution >= 0.6 is 0 Å². The van der Waals surface area contributed by atoms with E-state index in [9.17, 15) is 14.4 Å². The molecule has 1 fully saturated rings. The minimum Gasteiger partial charge on any atom is -0.336 e. The number of benzene rings is 1. The van der Waals surface area contributed by atoms with Crippen LogP contribution in [-0.2, 0) is 9.59 Å². The molecule has 0 atom stereocenters. The highest BCUT2D eigenvalue weighted by molar-refractivity contribution is 6.66. The quantitative estimate of drug-likeness (QED) is 0.444. The first-order valence-corrected chi connectivity index (χ1v) is 5.63. The highest BCUT2D eigenvalue weighted by Gasteiger charge is 2.29. The molecule has 0 radical (unpaired) electrons. The summed E-state index contributed by atoms with van der Waals surface area (Å²) in [5.74, 6) is -2.32. The molecule has 1 saturated heterocycles. The van der Waals surface area contributed by atoms with E-state index in [2.05, 4.69) is 0 Å². The van der Waals surface area contributed by atoms with Crippen LogP contribution in [0.4, 0.5) is 0 Å². The number of carbonyl (C=O) groups excluding carboxylic acids is 3. The molecule has 1 aromatic rings. The first-order valence-electron chi connectivity index (χ1n) is 5.63. The van der Waals surface area contributed by atoms with Crippen molar-refractivity contribution in [3.8, 4) is 0 Å². The Bertz CT molecular complexity index is 447. The maximum Gasteiger partial charge on any atom is 0.298 e. The van der Waals surface area contributed by atoms with Gasteiger partial charge < -0.3 is 4.90 Å². The summed E-state index contributed by atoms with van der Waals surface area (Å²) in [5.41, 5.74) is 0.269. The third-order valence-corrected chi connectivity index (χ3v) is 2.83. The maximum atomic E-state index is 11.7. The van der Waals surface area contributed by atoms with Gasteiger partial charge in [0, 0.05) is 18.7 Å². The lowest BCUT2D eigenvalue weighted by molar-refractivity contribution is -0.141. The second-order valence-electron chi connectivity index (χ2n) is 4.02. The number of nitrogens with zero attached hydrogens (tertiary/aromatic N) is 1. The molecule has 1 aromatic carbocycles. The van der Waals surface area contributed by atoms with Gasteiger partial charge in [0.2, 0.25) is 5.78 Å². The molecule has 0 aromatic heterocycles. The topological polar surface area (TPSA) is 54.5 Å². The van der Waals surface area contributed by atoms with Gasteiger partial charge >= 0.3 is 0 Å². The van der Waals surface area contributed by atoms with Crippen LogP contribution in [0.1, 0.15) is 23.2 Å². The number of hydrogen-bond donors (Lipinski definition) is 0. The van der Waals surface area contributed by atoms with Gasteiger partial charge in [0.15, 0.2) is 0 Å². The van der Waals surface area contributed by atoms with Crippen LogP contribution in [0.15, 0.2) is 30.3 Å². The smallest absolute Gasteiger partial charge is 0.298 e. The molecule has 0 N–H and O–H groups in total. The summed E-state index contributed by atoms with van der Waals surface area (Å²) in [6.07, 6.45) is 1.80. The number of hydrogen-bond acceptors (Lipinski definition) is 3.